The summed E-state index contributed by atoms with van der Waals surface area (Å²) >= 11 is 3.57. The van der Waals surface area contributed by atoms with Gasteiger partial charge in [0, 0.05) is 11.1 Å². The van der Waals surface area contributed by atoms with Gasteiger partial charge in [-0.2, -0.15) is 4.98 Å². The number of nitrogen functional groups attached to an aromatic ring is 1. The lowest BCUT2D eigenvalue weighted by molar-refractivity contribution is -0.211. The number of oxime groups is 1. The van der Waals surface area contributed by atoms with Crippen molar-refractivity contribution in [2.75, 3.05) is 24.8 Å². The van der Waals surface area contributed by atoms with Crippen molar-refractivity contribution in [3.8, 4) is 11.6 Å². The Bertz CT molecular complexity index is 1740. The highest BCUT2D eigenvalue weighted by Crippen LogP contribution is 2.41. The Morgan fingerprint density at radius 3 is 2.60 bits per heavy atom. The van der Waals surface area contributed by atoms with Crippen molar-refractivity contribution in [3.05, 3.63) is 63.6 Å². The van der Waals surface area contributed by atoms with E-state index in [1.54, 1.807) is 17.5 Å². The van der Waals surface area contributed by atoms with E-state index in [1.165, 1.54) is 46.3 Å². The minimum Gasteiger partial charge on any atom is -0.424 e. The smallest absolute Gasteiger partial charge is 0.368 e. The fraction of sp³-hybridized carbons (Fsp3) is 0.192. The lowest BCUT2D eigenvalue weighted by Gasteiger charge is -2.49. The van der Waals surface area contributed by atoms with Crippen LogP contribution in [0.25, 0.3) is 6.08 Å². The van der Waals surface area contributed by atoms with Crippen molar-refractivity contribution < 1.29 is 48.1 Å². The summed E-state index contributed by atoms with van der Waals surface area (Å²) in [6.45, 7) is -1.15. The van der Waals surface area contributed by atoms with Crippen LogP contribution in [-0.4, -0.2) is 85.9 Å². The maximum atomic E-state index is 13.3. The number of β-lactam (4-membered cyclic amide) rings is 1. The first-order valence-corrected chi connectivity index (χ1v) is 15.9. The monoisotopic (exact) mass is 702 g/mol. The SMILES string of the molecule is NCC(=O)OOc1ccc(C(=O)OCOC(=O)C2=C(/C=C\c3csnn3)CSC3C(NC(=O)/C=N\Oc4csc(N)n4)C(=O)N23)cc1. The number of carbonyl (C=O) groups excluding carboxylic acids is 5. The van der Waals surface area contributed by atoms with Gasteiger partial charge in [0.05, 0.1) is 23.2 Å². The van der Waals surface area contributed by atoms with Gasteiger partial charge in [0.1, 0.15) is 23.3 Å². The summed E-state index contributed by atoms with van der Waals surface area (Å²) in [6.07, 6.45) is 4.06. The molecule has 5 N–H and O–H groups in total. The van der Waals surface area contributed by atoms with Gasteiger partial charge in [0.15, 0.2) is 10.9 Å². The van der Waals surface area contributed by atoms with Gasteiger partial charge in [-0.05, 0) is 47.4 Å². The number of nitrogens with one attached hydrogen (secondary N) is 1. The summed E-state index contributed by atoms with van der Waals surface area (Å²) in [5.74, 6) is -3.38. The van der Waals surface area contributed by atoms with Crippen molar-refractivity contribution in [2.24, 2.45) is 10.9 Å². The van der Waals surface area contributed by atoms with E-state index >= 15 is 0 Å². The summed E-state index contributed by atoms with van der Waals surface area (Å²) in [6, 6.07) is 4.36. The van der Waals surface area contributed by atoms with Crippen LogP contribution in [0.15, 0.2) is 57.5 Å². The van der Waals surface area contributed by atoms with E-state index in [9.17, 15) is 24.0 Å². The molecule has 0 saturated carbocycles. The van der Waals surface area contributed by atoms with Crippen molar-refractivity contribution >= 4 is 81.8 Å². The molecule has 2 amide bonds. The van der Waals surface area contributed by atoms with Crippen LogP contribution < -0.4 is 26.5 Å². The number of hydrogen-bond acceptors (Lipinski definition) is 19. The molecular weight excluding hydrogens is 681 g/mol. The number of aromatic nitrogens is 3. The summed E-state index contributed by atoms with van der Waals surface area (Å²) in [4.78, 5) is 81.7. The van der Waals surface area contributed by atoms with Crippen LogP contribution in [-0.2, 0) is 33.5 Å². The van der Waals surface area contributed by atoms with E-state index in [4.69, 9.17) is 30.7 Å². The van der Waals surface area contributed by atoms with Gasteiger partial charge >= 0.3 is 17.9 Å². The number of ether oxygens (including phenoxy) is 2. The van der Waals surface area contributed by atoms with E-state index in [0.717, 1.165) is 29.1 Å². The number of nitrogens with two attached hydrogens (primary N) is 2. The quantitative estimate of drug-likeness (QED) is 0.0546. The van der Waals surface area contributed by atoms with E-state index in [0.29, 0.717) is 11.3 Å². The molecule has 2 aliphatic heterocycles. The maximum Gasteiger partial charge on any atom is 0.368 e. The first kappa shape index (κ1) is 33.0. The van der Waals surface area contributed by atoms with Crippen molar-refractivity contribution in [1.29, 1.82) is 0 Å². The fourth-order valence-electron chi connectivity index (χ4n) is 3.89. The van der Waals surface area contributed by atoms with Crippen LogP contribution in [0.4, 0.5) is 5.13 Å². The second-order valence-electron chi connectivity index (χ2n) is 9.03. The standard InChI is InChI=1S/C26H22N8O10S3/c27-7-19(36)44-43-16-5-2-13(3-6-16)24(38)40-12-41-25(39)21-14(1-4-15-10-47-33-32-15)9-45-23-20(22(37)34(21)23)30-17(35)8-29-42-18-11-46-26(28)31-18/h1-6,8,10-11,20,23H,7,9,12,27H2,(H2,28,31)(H,30,35)/b4-1-,29-8-. The van der Waals surface area contributed by atoms with Crippen LogP contribution in [0.5, 0.6) is 11.6 Å². The molecule has 0 spiro atoms. The van der Waals surface area contributed by atoms with Crippen LogP contribution in [0.2, 0.25) is 0 Å². The van der Waals surface area contributed by atoms with Gasteiger partial charge < -0.3 is 31.1 Å². The van der Waals surface area contributed by atoms with E-state index in [-0.39, 0.29) is 40.3 Å². The molecule has 47 heavy (non-hydrogen) atoms. The number of anilines is 1. The summed E-state index contributed by atoms with van der Waals surface area (Å²) in [7, 11) is 0. The molecular formula is C26H22N8O10S3. The van der Waals surface area contributed by atoms with Gasteiger partial charge in [-0.15, -0.1) is 28.2 Å². The van der Waals surface area contributed by atoms with Crippen LogP contribution in [0.1, 0.15) is 16.1 Å². The molecule has 1 saturated heterocycles. The van der Waals surface area contributed by atoms with Gasteiger partial charge in [-0.1, -0.05) is 15.7 Å². The summed E-state index contributed by atoms with van der Waals surface area (Å²) < 4.78 is 14.1. The van der Waals surface area contributed by atoms with Gasteiger partial charge in [-0.3, -0.25) is 19.4 Å². The molecule has 0 aliphatic carbocycles. The number of hydrogen-bond donors (Lipinski definition) is 3. The second kappa shape index (κ2) is 15.3. The Hall–Kier alpha value is -5.38. The van der Waals surface area contributed by atoms with Crippen molar-refractivity contribution in [2.45, 2.75) is 11.4 Å². The molecule has 2 aromatic heterocycles. The molecule has 18 nitrogen and oxygen atoms in total. The average Bonchev–Trinajstić information content (AvgIpc) is 3.76. The minimum atomic E-state index is -0.978. The number of amides is 2. The Balaban J connectivity index is 1.21. The number of thiazole rings is 1. The lowest BCUT2D eigenvalue weighted by atomic mass is 10.0. The first-order chi connectivity index (χ1) is 22.7. The predicted octanol–water partition coefficient (Wildman–Crippen LogP) is 0.462. The Kier molecular flexibility index (Phi) is 10.7. The van der Waals surface area contributed by atoms with Crippen LogP contribution in [0.3, 0.4) is 0 Å². The Morgan fingerprint density at radius 2 is 1.89 bits per heavy atom. The molecule has 2 aliphatic rings. The summed E-state index contributed by atoms with van der Waals surface area (Å²) in [5.41, 5.74) is 11.6. The molecule has 21 heteroatoms. The number of rotatable bonds is 13. The van der Waals surface area contributed by atoms with E-state index in [2.05, 4.69) is 29.9 Å². The van der Waals surface area contributed by atoms with Gasteiger partial charge in [-0.25, -0.2) is 19.3 Å². The number of carbonyl (C=O) groups is 5. The second-order valence-corrected chi connectivity index (χ2v) is 11.6. The third-order valence-corrected chi connectivity index (χ3v) is 8.48. The fourth-order valence-corrected chi connectivity index (χ4v) is 6.09. The van der Waals surface area contributed by atoms with Gasteiger partial charge in [0.2, 0.25) is 6.79 Å². The largest absolute Gasteiger partial charge is 0.424 e. The van der Waals surface area contributed by atoms with E-state index in [1.807, 2.05) is 0 Å². The molecule has 1 aromatic carbocycles. The molecule has 1 fully saturated rings. The van der Waals surface area contributed by atoms with Crippen molar-refractivity contribution in [3.63, 3.8) is 0 Å². The molecule has 3 aromatic rings. The zero-order valence-electron chi connectivity index (χ0n) is 23.7. The topological polar surface area (TPSA) is 250 Å². The number of benzene rings is 1. The predicted molar refractivity (Wildman–Crippen MR) is 165 cm³/mol. The molecule has 0 bridgehead atoms. The number of fused-ring (bicyclic) bond motifs is 1. The maximum absolute atomic E-state index is 13.3. The van der Waals surface area contributed by atoms with Crippen LogP contribution >= 0.6 is 34.6 Å². The molecule has 4 heterocycles. The lowest BCUT2D eigenvalue weighted by Crippen LogP contribution is -2.70. The highest BCUT2D eigenvalue weighted by molar-refractivity contribution is 8.00. The first-order valence-electron chi connectivity index (χ1n) is 13.1. The average molecular weight is 703 g/mol. The molecule has 5 rings (SSSR count). The minimum absolute atomic E-state index is 0.0774. The Morgan fingerprint density at radius 1 is 1.11 bits per heavy atom. The number of allylic oxidation sites excluding steroid dienone is 1. The third-order valence-electron chi connectivity index (χ3n) is 6.01. The number of esters is 2. The van der Waals surface area contributed by atoms with Crippen LogP contribution in [0, 0.1) is 0 Å². The highest BCUT2D eigenvalue weighted by atomic mass is 32.2. The Labute approximate surface area is 276 Å². The number of nitrogens with zero attached hydrogens (tertiary/aromatic N) is 5. The van der Waals surface area contributed by atoms with Gasteiger partial charge in [0.25, 0.3) is 17.7 Å². The molecule has 2 unspecified atom stereocenters. The zero-order valence-corrected chi connectivity index (χ0v) is 26.1. The highest BCUT2D eigenvalue weighted by Gasteiger charge is 2.54. The molecule has 2 atom stereocenters. The third kappa shape index (κ3) is 8.26. The zero-order chi connectivity index (χ0) is 33.3. The molecule has 0 radical (unpaired) electrons. The normalized spacial score (nSPS) is 17.2. The number of thioether (sulfide) groups is 1. The van der Waals surface area contributed by atoms with Crippen molar-refractivity contribution in [1.82, 2.24) is 24.8 Å². The van der Waals surface area contributed by atoms with E-state index < -0.39 is 47.9 Å². The summed E-state index contributed by atoms with van der Waals surface area (Å²) in [5, 5.41) is 12.8. The molecule has 244 valence electrons.